The van der Waals surface area contributed by atoms with E-state index in [-0.39, 0.29) is 0 Å². The molecule has 1 aliphatic heterocycles. The lowest BCUT2D eigenvalue weighted by Gasteiger charge is -2.35. The molecule has 0 atom stereocenters. The molecule has 0 aromatic heterocycles. The third-order valence-corrected chi connectivity index (χ3v) is 4.56. The summed E-state index contributed by atoms with van der Waals surface area (Å²) in [5, 5.41) is 3.74. The molecule has 0 spiro atoms. The molecule has 0 aliphatic carbocycles. The van der Waals surface area contributed by atoms with E-state index in [9.17, 15) is 0 Å². The smallest absolute Gasteiger partial charge is 0.0375 e. The van der Waals surface area contributed by atoms with Crippen molar-refractivity contribution in [3.8, 4) is 0 Å². The van der Waals surface area contributed by atoms with Crippen LogP contribution < -0.4 is 5.32 Å². The van der Waals surface area contributed by atoms with Crippen LogP contribution in [0.2, 0.25) is 0 Å². The van der Waals surface area contributed by atoms with Crippen molar-refractivity contribution in [2.75, 3.05) is 18.4 Å². The Morgan fingerprint density at radius 3 is 2.58 bits per heavy atom. The Balaban J connectivity index is 1.95. The maximum absolute atomic E-state index is 3.74. The van der Waals surface area contributed by atoms with Crippen LogP contribution in [0.25, 0.3) is 0 Å². The topological polar surface area (TPSA) is 15.3 Å². The Morgan fingerprint density at radius 1 is 1.32 bits per heavy atom. The summed E-state index contributed by atoms with van der Waals surface area (Å²) < 4.78 is 1.17. The summed E-state index contributed by atoms with van der Waals surface area (Å²) in [7, 11) is 0. The summed E-state index contributed by atoms with van der Waals surface area (Å²) >= 11 is 3.55. The number of hydrogen-bond acceptors (Lipinski definition) is 2. The molecule has 0 bridgehead atoms. The Bertz CT molecular complexity index is 409. The van der Waals surface area contributed by atoms with Crippen molar-refractivity contribution in [1.82, 2.24) is 4.90 Å². The van der Waals surface area contributed by atoms with E-state index in [2.05, 4.69) is 65.1 Å². The number of anilines is 1. The molecule has 1 saturated heterocycles. The third-order valence-electron chi connectivity index (χ3n) is 4.07. The van der Waals surface area contributed by atoms with E-state index in [4.69, 9.17) is 0 Å². The zero-order valence-corrected chi connectivity index (χ0v) is 13.8. The molecule has 2 rings (SSSR count). The summed E-state index contributed by atoms with van der Waals surface area (Å²) in [6, 6.07) is 7.87. The number of piperidine rings is 1. The number of hydrogen-bond donors (Lipinski definition) is 1. The van der Waals surface area contributed by atoms with Crippen molar-refractivity contribution in [3.63, 3.8) is 0 Å². The maximum atomic E-state index is 3.74. The van der Waals surface area contributed by atoms with Gasteiger partial charge in [-0.15, -0.1) is 0 Å². The second-order valence-corrected chi connectivity index (χ2v) is 6.62. The van der Waals surface area contributed by atoms with Crippen LogP contribution in [0.5, 0.6) is 0 Å². The second kappa shape index (κ2) is 6.76. The van der Waals surface area contributed by atoms with Crippen molar-refractivity contribution in [2.45, 2.75) is 52.1 Å². The van der Waals surface area contributed by atoms with Crippen LogP contribution in [0.3, 0.4) is 0 Å². The fourth-order valence-corrected chi connectivity index (χ4v) is 3.18. The standard InChI is InChI=1S/C16H25BrN2/c1-4-13-11-14(17)5-6-16(13)18-15-7-9-19(10-8-15)12(2)3/h5-6,11-12,15,18H,4,7-10H2,1-3H3. The molecular weight excluding hydrogens is 300 g/mol. The molecule has 19 heavy (non-hydrogen) atoms. The number of benzene rings is 1. The van der Waals surface area contributed by atoms with E-state index in [1.165, 1.54) is 41.7 Å². The number of nitrogens with one attached hydrogen (secondary N) is 1. The Morgan fingerprint density at radius 2 is 2.00 bits per heavy atom. The molecule has 1 fully saturated rings. The quantitative estimate of drug-likeness (QED) is 0.888. The molecule has 1 heterocycles. The zero-order valence-electron chi connectivity index (χ0n) is 12.2. The fraction of sp³-hybridized carbons (Fsp3) is 0.625. The summed E-state index contributed by atoms with van der Waals surface area (Å²) in [6.07, 6.45) is 3.57. The van der Waals surface area contributed by atoms with Crippen molar-refractivity contribution in [3.05, 3.63) is 28.2 Å². The first-order valence-electron chi connectivity index (χ1n) is 7.39. The largest absolute Gasteiger partial charge is 0.382 e. The van der Waals surface area contributed by atoms with Crippen molar-refractivity contribution >= 4 is 21.6 Å². The van der Waals surface area contributed by atoms with Gasteiger partial charge < -0.3 is 10.2 Å². The average Bonchev–Trinajstić information content (AvgIpc) is 2.41. The molecular formula is C16H25BrN2. The van der Waals surface area contributed by atoms with Gasteiger partial charge in [-0.2, -0.15) is 0 Å². The van der Waals surface area contributed by atoms with Crippen LogP contribution in [0.1, 0.15) is 39.2 Å². The van der Waals surface area contributed by atoms with Gasteiger partial charge in [0.1, 0.15) is 0 Å². The van der Waals surface area contributed by atoms with Crippen molar-refractivity contribution in [1.29, 1.82) is 0 Å². The monoisotopic (exact) mass is 324 g/mol. The first-order valence-corrected chi connectivity index (χ1v) is 8.18. The minimum Gasteiger partial charge on any atom is -0.382 e. The van der Waals surface area contributed by atoms with Crippen molar-refractivity contribution < 1.29 is 0 Å². The molecule has 1 aromatic rings. The summed E-state index contributed by atoms with van der Waals surface area (Å²) in [4.78, 5) is 2.57. The molecule has 1 N–H and O–H groups in total. The van der Waals surface area contributed by atoms with E-state index in [1.807, 2.05) is 0 Å². The summed E-state index contributed by atoms with van der Waals surface area (Å²) in [6.45, 7) is 9.23. The van der Waals surface area contributed by atoms with Crippen LogP contribution in [-0.2, 0) is 6.42 Å². The molecule has 0 amide bonds. The molecule has 3 heteroatoms. The van der Waals surface area contributed by atoms with E-state index >= 15 is 0 Å². The maximum Gasteiger partial charge on any atom is 0.0375 e. The van der Waals surface area contributed by atoms with Gasteiger partial charge in [0, 0.05) is 35.3 Å². The minimum absolute atomic E-state index is 0.626. The number of nitrogens with zero attached hydrogens (tertiary/aromatic N) is 1. The van der Waals surface area contributed by atoms with Gasteiger partial charge in [0.05, 0.1) is 0 Å². The number of aryl methyl sites for hydroxylation is 1. The molecule has 1 aliphatic rings. The highest BCUT2D eigenvalue weighted by Crippen LogP contribution is 2.24. The van der Waals surface area contributed by atoms with Crippen molar-refractivity contribution in [2.24, 2.45) is 0 Å². The minimum atomic E-state index is 0.626. The number of likely N-dealkylation sites (tertiary alicyclic amines) is 1. The lowest BCUT2D eigenvalue weighted by Crippen LogP contribution is -2.42. The predicted octanol–water partition coefficient (Wildman–Crippen LogP) is 4.30. The van der Waals surface area contributed by atoms with Crippen LogP contribution in [0.4, 0.5) is 5.69 Å². The number of halogens is 1. The number of rotatable bonds is 4. The Hall–Kier alpha value is -0.540. The van der Waals surface area contributed by atoms with Gasteiger partial charge in [-0.05, 0) is 56.9 Å². The van der Waals surface area contributed by atoms with E-state index in [0.717, 1.165) is 6.42 Å². The highest BCUT2D eigenvalue weighted by atomic mass is 79.9. The molecule has 0 radical (unpaired) electrons. The van der Waals surface area contributed by atoms with Gasteiger partial charge in [0.25, 0.3) is 0 Å². The first-order chi connectivity index (χ1) is 9.10. The summed E-state index contributed by atoms with van der Waals surface area (Å²) in [5.74, 6) is 0. The van der Waals surface area contributed by atoms with E-state index in [0.29, 0.717) is 12.1 Å². The molecule has 1 aromatic carbocycles. The third kappa shape index (κ3) is 3.96. The SMILES string of the molecule is CCc1cc(Br)ccc1NC1CCN(C(C)C)CC1. The zero-order chi connectivity index (χ0) is 13.8. The molecule has 0 unspecified atom stereocenters. The van der Waals surface area contributed by atoms with Gasteiger partial charge in [-0.1, -0.05) is 22.9 Å². The fourth-order valence-electron chi connectivity index (χ4n) is 2.78. The lowest BCUT2D eigenvalue weighted by molar-refractivity contribution is 0.177. The van der Waals surface area contributed by atoms with E-state index < -0.39 is 0 Å². The Kier molecular flexibility index (Phi) is 5.28. The molecule has 106 valence electrons. The highest BCUT2D eigenvalue weighted by Gasteiger charge is 2.20. The average molecular weight is 325 g/mol. The highest BCUT2D eigenvalue weighted by molar-refractivity contribution is 9.10. The van der Waals surface area contributed by atoms with Crippen LogP contribution in [0, 0.1) is 0 Å². The Labute approximate surface area is 125 Å². The van der Waals surface area contributed by atoms with Gasteiger partial charge in [0.15, 0.2) is 0 Å². The molecule has 2 nitrogen and oxygen atoms in total. The first kappa shape index (κ1) is 14.9. The van der Waals surface area contributed by atoms with Gasteiger partial charge in [-0.25, -0.2) is 0 Å². The molecule has 0 saturated carbocycles. The normalized spacial score (nSPS) is 17.9. The van der Waals surface area contributed by atoms with Crippen LogP contribution in [0.15, 0.2) is 22.7 Å². The van der Waals surface area contributed by atoms with Gasteiger partial charge >= 0.3 is 0 Å². The van der Waals surface area contributed by atoms with Crippen LogP contribution in [-0.4, -0.2) is 30.1 Å². The van der Waals surface area contributed by atoms with E-state index in [1.54, 1.807) is 0 Å². The van der Waals surface area contributed by atoms with Gasteiger partial charge in [0.2, 0.25) is 0 Å². The second-order valence-electron chi connectivity index (χ2n) is 5.70. The lowest BCUT2D eigenvalue weighted by atomic mass is 10.0. The van der Waals surface area contributed by atoms with Crippen LogP contribution >= 0.6 is 15.9 Å². The predicted molar refractivity (Wildman–Crippen MR) is 86.9 cm³/mol. The summed E-state index contributed by atoms with van der Waals surface area (Å²) in [5.41, 5.74) is 2.72. The van der Waals surface area contributed by atoms with Gasteiger partial charge in [-0.3, -0.25) is 0 Å².